The largest absolute Gasteiger partial charge is 0.510 e. The first-order chi connectivity index (χ1) is 17.5. The van der Waals surface area contributed by atoms with Crippen LogP contribution in [0.5, 0.6) is 5.75 Å². The molecule has 3 aliphatic rings. The molecule has 0 unspecified atom stereocenters. The molecule has 3 aliphatic carbocycles. The first-order valence-electron chi connectivity index (χ1n) is 12.4. The first-order valence-corrected chi connectivity index (χ1v) is 12.4. The number of hydrogen-bond acceptors (Lipinski definition) is 9. The maximum Gasteiger partial charge on any atom is 0.255 e. The summed E-state index contributed by atoms with van der Waals surface area (Å²) in [5.41, 5.74) is 1.28. The van der Waals surface area contributed by atoms with Crippen LogP contribution in [0.3, 0.4) is 0 Å². The van der Waals surface area contributed by atoms with Crippen LogP contribution in [0.15, 0.2) is 28.7 Å². The third-order valence-electron chi connectivity index (χ3n) is 7.72. The minimum Gasteiger partial charge on any atom is -0.510 e. The number of benzene rings is 1. The van der Waals surface area contributed by atoms with E-state index in [2.05, 4.69) is 5.32 Å². The van der Waals surface area contributed by atoms with Crippen molar-refractivity contribution in [2.75, 3.05) is 20.6 Å². The Morgan fingerprint density at radius 1 is 1.24 bits per heavy atom. The Balaban J connectivity index is 1.84. The number of rotatable bonds is 5. The van der Waals surface area contributed by atoms with Crippen molar-refractivity contribution < 1.29 is 39.2 Å². The third kappa shape index (κ3) is 4.09. The molecule has 1 amide bonds. The Morgan fingerprint density at radius 3 is 2.42 bits per heavy atom. The Bertz CT molecular complexity index is 1310. The van der Waals surface area contributed by atoms with Gasteiger partial charge in [-0.05, 0) is 49.9 Å². The minimum absolute atomic E-state index is 0.0364. The SMILES string of the molecule is CN(C)[C@@H]1C(O)=C(C(N)=O)C(=O)[C@@]2(O)C(O)=C3C(=O)c4c(cc(F)c(CNCC(C)(C)C)c4O)C[C@H]3C[C@@H]12. The maximum absolute atomic E-state index is 15.1. The van der Waals surface area contributed by atoms with E-state index in [0.29, 0.717) is 6.54 Å². The predicted octanol–water partition coefficient (Wildman–Crippen LogP) is 1.40. The summed E-state index contributed by atoms with van der Waals surface area (Å²) in [5, 5.41) is 47.7. The van der Waals surface area contributed by atoms with Crippen molar-refractivity contribution in [3.63, 3.8) is 0 Å². The average molecular weight is 532 g/mol. The van der Waals surface area contributed by atoms with Crippen LogP contribution < -0.4 is 11.1 Å². The van der Waals surface area contributed by atoms with Crippen molar-refractivity contribution >= 4 is 17.5 Å². The van der Waals surface area contributed by atoms with E-state index in [-0.39, 0.29) is 47.1 Å². The number of hydrogen-bond donors (Lipinski definition) is 6. The summed E-state index contributed by atoms with van der Waals surface area (Å²) >= 11 is 0. The molecule has 1 aromatic rings. The van der Waals surface area contributed by atoms with Crippen LogP contribution in [0.2, 0.25) is 0 Å². The van der Waals surface area contributed by atoms with Crippen molar-refractivity contribution in [2.24, 2.45) is 23.0 Å². The number of nitrogens with one attached hydrogen (secondary N) is 1. The number of aromatic hydroxyl groups is 1. The van der Waals surface area contributed by atoms with Gasteiger partial charge >= 0.3 is 0 Å². The standard InChI is InChI=1S/C27H34FN3O7/c1-26(2,3)10-30-9-13-15(28)8-12-6-11-7-14-19(31(4)5)22(34)18(25(29)37)24(36)27(14,38)23(35)17(11)21(33)16(12)20(13)32/h8,11,14,19,30,32,34-35,38H,6-7,9-10H2,1-5H3,(H2,29,37)/t11-,14-,19-,27-/m0/s1. The number of nitrogens with two attached hydrogens (primary N) is 1. The van der Waals surface area contributed by atoms with Crippen LogP contribution in [0.25, 0.3) is 0 Å². The van der Waals surface area contributed by atoms with E-state index in [1.807, 2.05) is 20.8 Å². The van der Waals surface area contributed by atoms with Gasteiger partial charge < -0.3 is 31.5 Å². The summed E-state index contributed by atoms with van der Waals surface area (Å²) < 4.78 is 15.1. The van der Waals surface area contributed by atoms with Gasteiger partial charge in [0.05, 0.1) is 11.6 Å². The molecule has 0 aromatic heterocycles. The van der Waals surface area contributed by atoms with E-state index in [4.69, 9.17) is 5.73 Å². The number of nitrogens with zero attached hydrogens (tertiary/aromatic N) is 1. The molecular weight excluding hydrogens is 497 g/mol. The number of aliphatic hydroxyl groups excluding tert-OH is 2. The second-order valence-corrected chi connectivity index (χ2v) is 11.8. The number of primary amides is 1. The Kier molecular flexibility index (Phi) is 6.70. The monoisotopic (exact) mass is 531 g/mol. The van der Waals surface area contributed by atoms with E-state index in [9.17, 15) is 34.8 Å². The summed E-state index contributed by atoms with van der Waals surface area (Å²) in [6, 6.07) is 0.107. The molecule has 0 heterocycles. The highest BCUT2D eigenvalue weighted by atomic mass is 19.1. The second kappa shape index (κ2) is 9.18. The highest BCUT2D eigenvalue weighted by Gasteiger charge is 2.63. The molecule has 7 N–H and O–H groups in total. The minimum atomic E-state index is -2.71. The normalized spacial score (nSPS) is 27.4. The fraction of sp³-hybridized carbons (Fsp3) is 0.519. The molecule has 0 bridgehead atoms. The molecule has 0 saturated carbocycles. The van der Waals surface area contributed by atoms with Crippen LogP contribution in [0.4, 0.5) is 4.39 Å². The number of allylic oxidation sites excluding steroid dienone is 1. The summed E-state index contributed by atoms with van der Waals surface area (Å²) in [5.74, 6) is -8.16. The van der Waals surface area contributed by atoms with E-state index in [0.717, 1.165) is 0 Å². The summed E-state index contributed by atoms with van der Waals surface area (Å²) in [4.78, 5) is 40.5. The fourth-order valence-electron chi connectivity index (χ4n) is 6.04. The number of phenolic OH excluding ortho intramolecular Hbond substituents is 1. The van der Waals surface area contributed by atoms with E-state index in [1.54, 1.807) is 14.1 Å². The number of amides is 1. The number of Topliss-reactive ketones (excluding diaryl/α,β-unsaturated/α-hetero) is 2. The van der Waals surface area contributed by atoms with Crippen molar-refractivity contribution in [2.45, 2.75) is 51.8 Å². The van der Waals surface area contributed by atoms with Gasteiger partial charge in [-0.1, -0.05) is 20.8 Å². The number of fused-ring (bicyclic) bond motifs is 3. The lowest BCUT2D eigenvalue weighted by atomic mass is 9.58. The Labute approximate surface area is 219 Å². The lowest BCUT2D eigenvalue weighted by Gasteiger charge is -2.50. The van der Waals surface area contributed by atoms with Gasteiger partial charge in [0.1, 0.15) is 28.7 Å². The number of ketones is 2. The zero-order chi connectivity index (χ0) is 28.5. The van der Waals surface area contributed by atoms with Gasteiger partial charge in [-0.3, -0.25) is 19.3 Å². The molecule has 0 fully saturated rings. The van der Waals surface area contributed by atoms with Crippen molar-refractivity contribution in [3.8, 4) is 5.75 Å². The fourth-order valence-corrected chi connectivity index (χ4v) is 6.04. The number of likely N-dealkylation sites (N-methyl/N-ethyl adjacent to an activating group) is 1. The zero-order valence-corrected chi connectivity index (χ0v) is 22.1. The van der Waals surface area contributed by atoms with Gasteiger partial charge in [-0.25, -0.2) is 4.39 Å². The van der Waals surface area contributed by atoms with Gasteiger partial charge in [0, 0.05) is 30.1 Å². The highest BCUT2D eigenvalue weighted by Crippen LogP contribution is 2.52. The molecule has 0 aliphatic heterocycles. The molecule has 4 rings (SSSR count). The van der Waals surface area contributed by atoms with Crippen LogP contribution in [0.1, 0.15) is 48.7 Å². The molecular formula is C27H34FN3O7. The number of aliphatic hydroxyl groups is 3. The molecule has 10 nitrogen and oxygen atoms in total. The Hall–Kier alpha value is -3.28. The first kappa shape index (κ1) is 27.7. The second-order valence-electron chi connectivity index (χ2n) is 11.8. The molecule has 0 radical (unpaired) electrons. The maximum atomic E-state index is 15.1. The third-order valence-corrected chi connectivity index (χ3v) is 7.72. The smallest absolute Gasteiger partial charge is 0.255 e. The van der Waals surface area contributed by atoms with E-state index >= 15 is 4.39 Å². The molecule has 206 valence electrons. The van der Waals surface area contributed by atoms with Crippen molar-refractivity contribution in [1.82, 2.24) is 10.2 Å². The summed E-state index contributed by atoms with van der Waals surface area (Å²) in [7, 11) is 3.10. The van der Waals surface area contributed by atoms with Gasteiger partial charge in [-0.15, -0.1) is 0 Å². The van der Waals surface area contributed by atoms with Crippen LogP contribution >= 0.6 is 0 Å². The molecule has 1 aromatic carbocycles. The quantitative estimate of drug-likeness (QED) is 0.307. The van der Waals surface area contributed by atoms with Gasteiger partial charge in [0.2, 0.25) is 5.78 Å². The Morgan fingerprint density at radius 2 is 1.87 bits per heavy atom. The van der Waals surface area contributed by atoms with E-state index in [1.165, 1.54) is 11.0 Å². The lowest BCUT2D eigenvalue weighted by molar-refractivity contribution is -0.148. The van der Waals surface area contributed by atoms with E-state index < -0.39 is 69.6 Å². The summed E-state index contributed by atoms with van der Waals surface area (Å²) in [6.07, 6.45) is -0.0161. The lowest BCUT2D eigenvalue weighted by Crippen LogP contribution is -2.63. The molecule has 4 atom stereocenters. The van der Waals surface area contributed by atoms with Gasteiger partial charge in [-0.2, -0.15) is 0 Å². The van der Waals surface area contributed by atoms with Crippen LogP contribution in [0, 0.1) is 23.1 Å². The molecule has 11 heteroatoms. The van der Waals surface area contributed by atoms with Gasteiger partial charge in [0.15, 0.2) is 11.4 Å². The molecule has 0 spiro atoms. The molecule has 38 heavy (non-hydrogen) atoms. The van der Waals surface area contributed by atoms with Crippen molar-refractivity contribution in [1.29, 1.82) is 0 Å². The number of carbonyl (C=O) groups excluding carboxylic acids is 3. The number of phenols is 1. The highest BCUT2D eigenvalue weighted by molar-refractivity contribution is 6.24. The summed E-state index contributed by atoms with van der Waals surface area (Å²) in [6.45, 7) is 6.40. The average Bonchev–Trinajstić information content (AvgIpc) is 2.77. The topological polar surface area (TPSA) is 173 Å². The van der Waals surface area contributed by atoms with Crippen LogP contribution in [-0.4, -0.2) is 75.1 Å². The van der Waals surface area contributed by atoms with Crippen LogP contribution in [-0.2, 0) is 22.6 Å². The number of halogens is 1. The zero-order valence-electron chi connectivity index (χ0n) is 22.1. The van der Waals surface area contributed by atoms with Crippen molar-refractivity contribution in [3.05, 3.63) is 51.2 Å². The number of carbonyl (C=O) groups is 3. The van der Waals surface area contributed by atoms with Gasteiger partial charge in [0.25, 0.3) is 5.91 Å². The predicted molar refractivity (Wildman–Crippen MR) is 135 cm³/mol. The molecule has 0 saturated heterocycles.